The van der Waals surface area contributed by atoms with Gasteiger partial charge in [0, 0.05) is 12.1 Å². The zero-order chi connectivity index (χ0) is 12.0. The van der Waals surface area contributed by atoms with Crippen LogP contribution < -0.4 is 5.32 Å². The molecular weight excluding hydrogens is 198 g/mol. The van der Waals surface area contributed by atoms with Crippen molar-refractivity contribution in [2.45, 2.75) is 40.0 Å². The van der Waals surface area contributed by atoms with E-state index < -0.39 is 0 Å². The van der Waals surface area contributed by atoms with Gasteiger partial charge in [0.15, 0.2) is 0 Å². The van der Waals surface area contributed by atoms with E-state index >= 15 is 0 Å². The van der Waals surface area contributed by atoms with Crippen LogP contribution in [0, 0.1) is 5.92 Å². The number of hydrogen-bond donors (Lipinski definition) is 1. The summed E-state index contributed by atoms with van der Waals surface area (Å²) in [6.07, 6.45) is 2.58. The summed E-state index contributed by atoms with van der Waals surface area (Å²) in [5, 5.41) is 2.91. The fourth-order valence-electron chi connectivity index (χ4n) is 1.47. The molecule has 0 unspecified atom stereocenters. The predicted octanol–water partition coefficient (Wildman–Crippen LogP) is 3.62. The van der Waals surface area contributed by atoms with Gasteiger partial charge < -0.3 is 5.32 Å². The van der Waals surface area contributed by atoms with Crippen molar-refractivity contribution in [3.8, 4) is 0 Å². The van der Waals surface area contributed by atoms with E-state index in [4.69, 9.17) is 0 Å². The van der Waals surface area contributed by atoms with Crippen LogP contribution in [0.2, 0.25) is 0 Å². The van der Waals surface area contributed by atoms with Crippen molar-refractivity contribution in [1.82, 2.24) is 0 Å². The lowest BCUT2D eigenvalue weighted by Gasteiger charge is -2.07. The lowest BCUT2D eigenvalue weighted by atomic mass is 10.1. The number of rotatable bonds is 5. The SMILES string of the molecule is CCc1ccc(NC(=O)CCC(C)C)cc1. The highest BCUT2D eigenvalue weighted by Gasteiger charge is 2.03. The quantitative estimate of drug-likeness (QED) is 0.805. The number of nitrogens with one attached hydrogen (secondary N) is 1. The van der Waals surface area contributed by atoms with E-state index in [1.807, 2.05) is 12.1 Å². The van der Waals surface area contributed by atoms with E-state index in [0.29, 0.717) is 12.3 Å². The smallest absolute Gasteiger partial charge is 0.224 e. The van der Waals surface area contributed by atoms with Crippen molar-refractivity contribution in [1.29, 1.82) is 0 Å². The fourth-order valence-corrected chi connectivity index (χ4v) is 1.47. The second kappa shape index (κ2) is 6.31. The van der Waals surface area contributed by atoms with Gasteiger partial charge in [0.25, 0.3) is 0 Å². The van der Waals surface area contributed by atoms with Gasteiger partial charge >= 0.3 is 0 Å². The average molecular weight is 219 g/mol. The molecule has 2 heteroatoms. The molecule has 0 spiro atoms. The van der Waals surface area contributed by atoms with Crippen molar-refractivity contribution in [2.24, 2.45) is 5.92 Å². The van der Waals surface area contributed by atoms with Gasteiger partial charge in [0.1, 0.15) is 0 Å². The van der Waals surface area contributed by atoms with E-state index in [1.165, 1.54) is 5.56 Å². The largest absolute Gasteiger partial charge is 0.326 e. The molecule has 0 heterocycles. The van der Waals surface area contributed by atoms with Crippen LogP contribution in [0.3, 0.4) is 0 Å². The second-order valence-corrected chi connectivity index (χ2v) is 4.53. The highest BCUT2D eigenvalue weighted by Crippen LogP contribution is 2.11. The fraction of sp³-hybridized carbons (Fsp3) is 0.500. The first-order valence-electron chi connectivity index (χ1n) is 6.00. The van der Waals surface area contributed by atoms with E-state index in [1.54, 1.807) is 0 Å². The Labute approximate surface area is 98.1 Å². The first-order chi connectivity index (χ1) is 7.61. The van der Waals surface area contributed by atoms with Crippen LogP contribution in [0.5, 0.6) is 0 Å². The van der Waals surface area contributed by atoms with E-state index in [2.05, 4.69) is 38.2 Å². The van der Waals surface area contributed by atoms with Crippen molar-refractivity contribution < 1.29 is 4.79 Å². The van der Waals surface area contributed by atoms with Gasteiger partial charge in [-0.25, -0.2) is 0 Å². The molecule has 1 amide bonds. The number of amides is 1. The highest BCUT2D eigenvalue weighted by atomic mass is 16.1. The molecule has 0 fully saturated rings. The predicted molar refractivity (Wildman–Crippen MR) is 68.5 cm³/mol. The first-order valence-corrected chi connectivity index (χ1v) is 6.00. The summed E-state index contributed by atoms with van der Waals surface area (Å²) in [7, 11) is 0. The van der Waals surface area contributed by atoms with Crippen molar-refractivity contribution >= 4 is 11.6 Å². The molecule has 1 aromatic carbocycles. The monoisotopic (exact) mass is 219 g/mol. The van der Waals surface area contributed by atoms with Gasteiger partial charge in [-0.3, -0.25) is 4.79 Å². The van der Waals surface area contributed by atoms with E-state index in [9.17, 15) is 4.79 Å². The van der Waals surface area contributed by atoms with Gasteiger partial charge in [-0.05, 0) is 36.5 Å². The first kappa shape index (κ1) is 12.8. The molecule has 16 heavy (non-hydrogen) atoms. The second-order valence-electron chi connectivity index (χ2n) is 4.53. The van der Waals surface area contributed by atoms with Gasteiger partial charge in [0.2, 0.25) is 5.91 Å². The molecule has 0 saturated carbocycles. The standard InChI is InChI=1S/C14H21NO/c1-4-12-6-8-13(9-7-12)15-14(16)10-5-11(2)3/h6-9,11H,4-5,10H2,1-3H3,(H,15,16). The summed E-state index contributed by atoms with van der Waals surface area (Å²) >= 11 is 0. The minimum Gasteiger partial charge on any atom is -0.326 e. The van der Waals surface area contributed by atoms with Crippen LogP contribution in [0.4, 0.5) is 5.69 Å². The minimum atomic E-state index is 0.109. The third-order valence-corrected chi connectivity index (χ3v) is 2.59. The number of carbonyl (C=O) groups is 1. The molecular formula is C14H21NO. The van der Waals surface area contributed by atoms with E-state index in [-0.39, 0.29) is 5.91 Å². The third kappa shape index (κ3) is 4.47. The Bertz CT molecular complexity index is 327. The summed E-state index contributed by atoms with van der Waals surface area (Å²) in [4.78, 5) is 11.6. The lowest BCUT2D eigenvalue weighted by Crippen LogP contribution is -2.12. The number of aryl methyl sites for hydroxylation is 1. The molecule has 0 aromatic heterocycles. The van der Waals surface area contributed by atoms with Gasteiger partial charge in [-0.15, -0.1) is 0 Å². The third-order valence-electron chi connectivity index (χ3n) is 2.59. The Morgan fingerprint density at radius 2 is 1.88 bits per heavy atom. The molecule has 0 radical (unpaired) electrons. The van der Waals surface area contributed by atoms with Gasteiger partial charge in [0.05, 0.1) is 0 Å². The van der Waals surface area contributed by atoms with Crippen molar-refractivity contribution in [2.75, 3.05) is 5.32 Å². The number of hydrogen-bond acceptors (Lipinski definition) is 1. The topological polar surface area (TPSA) is 29.1 Å². The van der Waals surface area contributed by atoms with Crippen LogP contribution in [0.15, 0.2) is 24.3 Å². The molecule has 0 aliphatic heterocycles. The number of carbonyl (C=O) groups excluding carboxylic acids is 1. The molecule has 2 nitrogen and oxygen atoms in total. The van der Waals surface area contributed by atoms with Crippen LogP contribution in [-0.2, 0) is 11.2 Å². The summed E-state index contributed by atoms with van der Waals surface area (Å²) < 4.78 is 0. The van der Waals surface area contributed by atoms with Crippen LogP contribution in [0.1, 0.15) is 39.2 Å². The Balaban J connectivity index is 2.43. The molecule has 1 N–H and O–H groups in total. The molecule has 0 atom stereocenters. The highest BCUT2D eigenvalue weighted by molar-refractivity contribution is 5.90. The summed E-state index contributed by atoms with van der Waals surface area (Å²) in [6.45, 7) is 6.38. The lowest BCUT2D eigenvalue weighted by molar-refractivity contribution is -0.116. The normalized spacial score (nSPS) is 10.5. The molecule has 0 aliphatic rings. The number of anilines is 1. The molecule has 88 valence electrons. The van der Waals surface area contributed by atoms with Gasteiger partial charge in [-0.1, -0.05) is 32.9 Å². The molecule has 1 aromatic rings. The molecule has 0 aliphatic carbocycles. The Hall–Kier alpha value is -1.31. The maximum Gasteiger partial charge on any atom is 0.224 e. The van der Waals surface area contributed by atoms with Crippen molar-refractivity contribution in [3.05, 3.63) is 29.8 Å². The van der Waals surface area contributed by atoms with Crippen LogP contribution in [0.25, 0.3) is 0 Å². The average Bonchev–Trinajstić information content (AvgIpc) is 2.27. The maximum atomic E-state index is 11.6. The van der Waals surface area contributed by atoms with Crippen molar-refractivity contribution in [3.63, 3.8) is 0 Å². The maximum absolute atomic E-state index is 11.6. The zero-order valence-corrected chi connectivity index (χ0v) is 10.4. The minimum absolute atomic E-state index is 0.109. The van der Waals surface area contributed by atoms with Crippen LogP contribution in [-0.4, -0.2) is 5.91 Å². The number of benzene rings is 1. The zero-order valence-electron chi connectivity index (χ0n) is 10.4. The van der Waals surface area contributed by atoms with Crippen LogP contribution >= 0.6 is 0 Å². The molecule has 0 bridgehead atoms. The Kier molecular flexibility index (Phi) is 5.03. The summed E-state index contributed by atoms with van der Waals surface area (Å²) in [5.41, 5.74) is 2.19. The molecule has 0 saturated heterocycles. The van der Waals surface area contributed by atoms with Gasteiger partial charge in [-0.2, -0.15) is 0 Å². The van der Waals surface area contributed by atoms with E-state index in [0.717, 1.165) is 18.5 Å². The summed E-state index contributed by atoms with van der Waals surface area (Å²) in [6, 6.07) is 8.04. The Morgan fingerprint density at radius 3 is 2.38 bits per heavy atom. The Morgan fingerprint density at radius 1 is 1.25 bits per heavy atom. The molecule has 1 rings (SSSR count). The summed E-state index contributed by atoms with van der Waals surface area (Å²) in [5.74, 6) is 0.686.